The van der Waals surface area contributed by atoms with Crippen LogP contribution in [0.1, 0.15) is 70.4 Å². The Morgan fingerprint density at radius 3 is 2.56 bits per heavy atom. The zero-order valence-electron chi connectivity index (χ0n) is 20.7. The topological polar surface area (TPSA) is 134 Å². The lowest BCUT2D eigenvalue weighted by Gasteiger charge is -2.49. The smallest absolute Gasteiger partial charge is 0.405 e. The first kappa shape index (κ1) is 27.7. The van der Waals surface area contributed by atoms with Gasteiger partial charge in [0.05, 0.1) is 18.2 Å². The summed E-state index contributed by atoms with van der Waals surface area (Å²) in [5.74, 6) is -0.296. The van der Waals surface area contributed by atoms with Crippen LogP contribution in [0.15, 0.2) is 42.6 Å². The van der Waals surface area contributed by atoms with E-state index in [0.717, 1.165) is 31.2 Å². The number of carbonyl (C=O) groups is 2. The van der Waals surface area contributed by atoms with Crippen LogP contribution in [0.4, 0.5) is 4.79 Å². The molecular weight excluding hydrogens is 484 g/mol. The first-order valence-corrected chi connectivity index (χ1v) is 12.7. The zero-order valence-corrected chi connectivity index (χ0v) is 21.5. The number of benzene rings is 1. The van der Waals surface area contributed by atoms with Crippen molar-refractivity contribution in [3.63, 3.8) is 0 Å². The van der Waals surface area contributed by atoms with Gasteiger partial charge in [0.15, 0.2) is 6.10 Å². The summed E-state index contributed by atoms with van der Waals surface area (Å²) in [6.07, 6.45) is 3.09. The van der Waals surface area contributed by atoms with E-state index >= 15 is 0 Å². The second-order valence-electron chi connectivity index (χ2n) is 9.72. The SMILES string of the molecule is CCCCC(CC1(COc2ccnc(Cl)n2)CCC1)(NC(=O)O)C(O)C(=O)NC(C)c1ccccc1. The molecular formula is C26H35ClN4O5. The van der Waals surface area contributed by atoms with E-state index in [1.807, 2.05) is 44.2 Å². The number of aliphatic hydroxyl groups is 1. The van der Waals surface area contributed by atoms with Gasteiger partial charge < -0.3 is 25.6 Å². The maximum absolute atomic E-state index is 13.3. The molecule has 3 rings (SSSR count). The van der Waals surface area contributed by atoms with E-state index in [9.17, 15) is 19.8 Å². The van der Waals surface area contributed by atoms with E-state index in [2.05, 4.69) is 20.6 Å². The highest BCUT2D eigenvalue weighted by molar-refractivity contribution is 6.28. The van der Waals surface area contributed by atoms with E-state index in [-0.39, 0.29) is 24.4 Å². The summed E-state index contributed by atoms with van der Waals surface area (Å²) < 4.78 is 5.92. The number of nitrogens with zero attached hydrogens (tertiary/aromatic N) is 2. The van der Waals surface area contributed by atoms with Gasteiger partial charge in [0.1, 0.15) is 0 Å². The number of hydrogen-bond donors (Lipinski definition) is 4. The minimum Gasteiger partial charge on any atom is -0.477 e. The first-order chi connectivity index (χ1) is 17.2. The molecule has 0 spiro atoms. The van der Waals surface area contributed by atoms with Crippen LogP contribution in [-0.2, 0) is 4.79 Å². The Labute approximate surface area is 216 Å². The van der Waals surface area contributed by atoms with Crippen LogP contribution in [0.25, 0.3) is 0 Å². The van der Waals surface area contributed by atoms with Crippen molar-refractivity contribution in [3.05, 3.63) is 53.4 Å². The Kier molecular flexibility index (Phi) is 9.50. The molecule has 196 valence electrons. The lowest BCUT2D eigenvalue weighted by atomic mass is 9.61. The molecule has 10 heteroatoms. The molecule has 1 aromatic heterocycles. The predicted octanol–water partition coefficient (Wildman–Crippen LogP) is 4.50. The molecule has 0 aliphatic heterocycles. The molecule has 0 radical (unpaired) electrons. The Morgan fingerprint density at radius 2 is 1.97 bits per heavy atom. The fourth-order valence-corrected chi connectivity index (χ4v) is 5.06. The molecule has 3 atom stereocenters. The molecule has 1 aliphatic carbocycles. The summed E-state index contributed by atoms with van der Waals surface area (Å²) in [6.45, 7) is 4.06. The third kappa shape index (κ3) is 7.07. The van der Waals surface area contributed by atoms with Gasteiger partial charge in [-0.1, -0.05) is 56.5 Å². The minimum atomic E-state index is -1.59. The van der Waals surface area contributed by atoms with Gasteiger partial charge in [0.2, 0.25) is 11.2 Å². The normalized spacial score (nSPS) is 17.7. The second-order valence-corrected chi connectivity index (χ2v) is 10.1. The van der Waals surface area contributed by atoms with Gasteiger partial charge in [0, 0.05) is 17.7 Å². The minimum absolute atomic E-state index is 0.0691. The predicted molar refractivity (Wildman–Crippen MR) is 136 cm³/mol. The summed E-state index contributed by atoms with van der Waals surface area (Å²) in [5, 5.41) is 26.6. The molecule has 36 heavy (non-hydrogen) atoms. The van der Waals surface area contributed by atoms with Crippen molar-refractivity contribution >= 4 is 23.6 Å². The Morgan fingerprint density at radius 1 is 1.25 bits per heavy atom. The lowest BCUT2D eigenvalue weighted by molar-refractivity contribution is -0.137. The highest BCUT2D eigenvalue weighted by Gasteiger charge is 2.51. The molecule has 1 saturated carbocycles. The van der Waals surface area contributed by atoms with E-state index < -0.39 is 29.1 Å². The third-order valence-corrected chi connectivity index (χ3v) is 7.18. The summed E-state index contributed by atoms with van der Waals surface area (Å²) in [7, 11) is 0. The number of hydrogen-bond acceptors (Lipinski definition) is 6. The van der Waals surface area contributed by atoms with Crippen molar-refractivity contribution in [1.82, 2.24) is 20.6 Å². The summed E-state index contributed by atoms with van der Waals surface area (Å²) in [5.41, 5.74) is -0.925. The summed E-state index contributed by atoms with van der Waals surface area (Å²) in [4.78, 5) is 33.1. The number of carboxylic acid groups (broad SMARTS) is 1. The van der Waals surface area contributed by atoms with Crippen LogP contribution in [-0.4, -0.2) is 50.4 Å². The quantitative estimate of drug-likeness (QED) is 0.287. The average molecular weight is 519 g/mol. The van der Waals surface area contributed by atoms with E-state index in [1.165, 1.54) is 6.20 Å². The number of amides is 2. The Balaban J connectivity index is 1.83. The van der Waals surface area contributed by atoms with Crippen molar-refractivity contribution in [2.75, 3.05) is 6.61 Å². The van der Waals surface area contributed by atoms with Crippen LogP contribution >= 0.6 is 11.6 Å². The number of aromatic nitrogens is 2. The number of halogens is 1. The molecule has 4 N–H and O–H groups in total. The molecule has 9 nitrogen and oxygen atoms in total. The molecule has 1 heterocycles. The van der Waals surface area contributed by atoms with Crippen molar-refractivity contribution < 1.29 is 24.5 Å². The molecule has 2 aromatic rings. The maximum Gasteiger partial charge on any atom is 0.405 e. The standard InChI is InChI=1S/C26H35ClN4O5/c1-3-4-14-26(31-24(34)35,21(32)22(33)29-18(2)19-9-6-5-7-10-19)16-25(12-8-13-25)17-36-20-11-15-28-23(27)30-20/h5-7,9-11,15,18,21,31-32H,3-4,8,12-14,16-17H2,1-2H3,(H,29,33)(H,34,35). The molecule has 3 unspecified atom stereocenters. The zero-order chi connectivity index (χ0) is 26.2. The second kappa shape index (κ2) is 12.4. The van der Waals surface area contributed by atoms with E-state index in [1.54, 1.807) is 6.07 Å². The van der Waals surface area contributed by atoms with Crippen molar-refractivity contribution in [2.45, 2.75) is 76.5 Å². The van der Waals surface area contributed by atoms with Crippen LogP contribution in [0, 0.1) is 5.41 Å². The maximum atomic E-state index is 13.3. The van der Waals surface area contributed by atoms with Gasteiger partial charge in [-0.05, 0) is 49.8 Å². The highest BCUT2D eigenvalue weighted by Crippen LogP contribution is 2.49. The van der Waals surface area contributed by atoms with Gasteiger partial charge in [-0.2, -0.15) is 4.98 Å². The number of nitrogens with one attached hydrogen (secondary N) is 2. The van der Waals surface area contributed by atoms with Gasteiger partial charge >= 0.3 is 6.09 Å². The van der Waals surface area contributed by atoms with E-state index in [0.29, 0.717) is 18.7 Å². The van der Waals surface area contributed by atoms with Crippen LogP contribution < -0.4 is 15.4 Å². The van der Waals surface area contributed by atoms with Crippen molar-refractivity contribution in [1.29, 1.82) is 0 Å². The molecule has 0 bridgehead atoms. The van der Waals surface area contributed by atoms with E-state index in [4.69, 9.17) is 16.3 Å². The number of carbonyl (C=O) groups excluding carboxylic acids is 1. The Hall–Kier alpha value is -2.91. The molecule has 2 amide bonds. The monoisotopic (exact) mass is 518 g/mol. The molecule has 1 fully saturated rings. The third-order valence-electron chi connectivity index (χ3n) is 6.99. The summed E-state index contributed by atoms with van der Waals surface area (Å²) >= 11 is 5.87. The van der Waals surface area contributed by atoms with Gasteiger partial charge in [-0.3, -0.25) is 4.79 Å². The van der Waals surface area contributed by atoms with Crippen LogP contribution in [0.3, 0.4) is 0 Å². The number of unbranched alkanes of at least 4 members (excludes halogenated alkanes) is 1. The fourth-order valence-electron chi connectivity index (χ4n) is 4.92. The van der Waals surface area contributed by atoms with Gasteiger partial charge in [0.25, 0.3) is 5.91 Å². The fraction of sp³-hybridized carbons (Fsp3) is 0.538. The Bertz CT molecular complexity index is 1020. The summed E-state index contributed by atoms with van der Waals surface area (Å²) in [6, 6.07) is 10.6. The highest BCUT2D eigenvalue weighted by atomic mass is 35.5. The number of aliphatic hydroxyl groups excluding tert-OH is 1. The van der Waals surface area contributed by atoms with Gasteiger partial charge in [-0.15, -0.1) is 0 Å². The molecule has 1 aromatic carbocycles. The first-order valence-electron chi connectivity index (χ1n) is 12.3. The van der Waals surface area contributed by atoms with Crippen LogP contribution in [0.2, 0.25) is 5.28 Å². The van der Waals surface area contributed by atoms with Crippen molar-refractivity contribution in [3.8, 4) is 5.88 Å². The van der Waals surface area contributed by atoms with Gasteiger partial charge in [-0.25, -0.2) is 9.78 Å². The molecule has 0 saturated heterocycles. The average Bonchev–Trinajstić information content (AvgIpc) is 2.83. The molecule has 1 aliphatic rings. The number of rotatable bonds is 13. The lowest BCUT2D eigenvalue weighted by Crippen LogP contribution is -2.64. The largest absolute Gasteiger partial charge is 0.477 e. The van der Waals surface area contributed by atoms with Crippen molar-refractivity contribution in [2.24, 2.45) is 5.41 Å². The van der Waals surface area contributed by atoms with Crippen LogP contribution in [0.5, 0.6) is 5.88 Å². The number of ether oxygens (including phenoxy) is 1.